The van der Waals surface area contributed by atoms with Gasteiger partial charge in [-0.3, -0.25) is 19.3 Å². The van der Waals surface area contributed by atoms with Crippen LogP contribution in [0.3, 0.4) is 0 Å². The van der Waals surface area contributed by atoms with E-state index in [1.165, 1.54) is 13.3 Å². The maximum Gasteiger partial charge on any atom is 0.205 e. The Balaban J connectivity index is 1.50. The SMILES string of the molecule is CC(=O)C1=C(C)C[C@@H]2C[C@@H]3Cc4c(-c5ccoc5)cc(CN5CCCCC5)c(O)c4C(=O)C3=C(O)[C@]2(O)C1=O. The number of phenolic OH excluding ortho intramolecular Hbond substituents is 1. The predicted octanol–water partition coefficient (Wildman–Crippen LogP) is 4.43. The summed E-state index contributed by atoms with van der Waals surface area (Å²) in [5.41, 5.74) is 1.06. The zero-order valence-corrected chi connectivity index (χ0v) is 22.2. The number of fused-ring (bicyclic) bond motifs is 3. The lowest BCUT2D eigenvalue weighted by Gasteiger charge is -2.46. The Morgan fingerprint density at radius 3 is 2.56 bits per heavy atom. The summed E-state index contributed by atoms with van der Waals surface area (Å²) in [6.45, 7) is 5.24. The van der Waals surface area contributed by atoms with Crippen LogP contribution in [0.4, 0.5) is 0 Å². The van der Waals surface area contributed by atoms with Gasteiger partial charge >= 0.3 is 0 Å². The monoisotopic (exact) mass is 531 g/mol. The lowest BCUT2D eigenvalue weighted by Crippen LogP contribution is -2.56. The number of aliphatic hydroxyl groups is 2. The quantitative estimate of drug-likeness (QED) is 0.494. The van der Waals surface area contributed by atoms with Crippen molar-refractivity contribution in [3.05, 3.63) is 63.8 Å². The highest BCUT2D eigenvalue weighted by molar-refractivity contribution is 6.25. The Hall–Kier alpha value is -3.49. The van der Waals surface area contributed by atoms with E-state index >= 15 is 0 Å². The molecular weight excluding hydrogens is 498 g/mol. The van der Waals surface area contributed by atoms with Gasteiger partial charge in [0.2, 0.25) is 5.78 Å². The number of nitrogens with zero attached hydrogens (tertiary/aromatic N) is 1. The van der Waals surface area contributed by atoms with Gasteiger partial charge in [-0.15, -0.1) is 0 Å². The van der Waals surface area contributed by atoms with Gasteiger partial charge in [0.15, 0.2) is 17.2 Å². The van der Waals surface area contributed by atoms with Crippen LogP contribution in [0.25, 0.3) is 11.1 Å². The Morgan fingerprint density at radius 1 is 1.15 bits per heavy atom. The Bertz CT molecular complexity index is 1460. The van der Waals surface area contributed by atoms with Gasteiger partial charge in [-0.05, 0) is 88.2 Å². The fourth-order valence-corrected chi connectivity index (χ4v) is 7.30. The molecule has 4 aliphatic rings. The average Bonchev–Trinajstić information content (AvgIpc) is 3.43. The number of aromatic hydroxyl groups is 1. The van der Waals surface area contributed by atoms with Crippen molar-refractivity contribution in [2.45, 2.75) is 64.5 Å². The molecular formula is C31H33NO7. The molecule has 3 aliphatic carbocycles. The van der Waals surface area contributed by atoms with Gasteiger partial charge in [0.1, 0.15) is 11.5 Å². The van der Waals surface area contributed by atoms with Gasteiger partial charge in [0.25, 0.3) is 0 Å². The number of rotatable bonds is 4. The van der Waals surface area contributed by atoms with E-state index in [1.54, 1.807) is 19.5 Å². The summed E-state index contributed by atoms with van der Waals surface area (Å²) < 4.78 is 5.36. The van der Waals surface area contributed by atoms with Crippen molar-refractivity contribution in [1.29, 1.82) is 0 Å². The fraction of sp³-hybridized carbons (Fsp3) is 0.452. The number of phenols is 1. The van der Waals surface area contributed by atoms with Crippen LogP contribution in [0.5, 0.6) is 5.75 Å². The highest BCUT2D eigenvalue weighted by Gasteiger charge is 2.58. The normalized spacial score (nSPS) is 27.4. The highest BCUT2D eigenvalue weighted by atomic mass is 16.3. The number of piperidine rings is 1. The minimum Gasteiger partial charge on any atom is -0.508 e. The number of hydrogen-bond acceptors (Lipinski definition) is 8. The summed E-state index contributed by atoms with van der Waals surface area (Å²) in [6, 6.07) is 3.76. The van der Waals surface area contributed by atoms with Gasteiger partial charge in [-0.2, -0.15) is 0 Å². The van der Waals surface area contributed by atoms with Crippen LogP contribution in [0.2, 0.25) is 0 Å². The molecule has 1 fully saturated rings. The second kappa shape index (κ2) is 9.31. The zero-order valence-electron chi connectivity index (χ0n) is 22.2. The van der Waals surface area contributed by atoms with Crippen LogP contribution in [0.15, 0.2) is 51.6 Å². The first kappa shape index (κ1) is 25.8. The smallest absolute Gasteiger partial charge is 0.205 e. The van der Waals surface area contributed by atoms with E-state index in [1.807, 2.05) is 12.1 Å². The van der Waals surface area contributed by atoms with E-state index in [4.69, 9.17) is 4.42 Å². The molecule has 2 aromatic rings. The molecule has 1 aromatic heterocycles. The van der Waals surface area contributed by atoms with Crippen LogP contribution in [-0.2, 0) is 22.6 Å². The highest BCUT2D eigenvalue weighted by Crippen LogP contribution is 2.53. The number of likely N-dealkylation sites (tertiary alicyclic amines) is 1. The topological polar surface area (TPSA) is 128 Å². The molecule has 3 N–H and O–H groups in total. The van der Waals surface area contributed by atoms with Gasteiger partial charge in [-0.1, -0.05) is 12.0 Å². The number of hydrogen-bond donors (Lipinski definition) is 3. The van der Waals surface area contributed by atoms with Crippen molar-refractivity contribution < 1.29 is 34.1 Å². The molecule has 0 spiro atoms. The number of furan rings is 1. The predicted molar refractivity (Wildman–Crippen MR) is 142 cm³/mol. The molecule has 1 aliphatic heterocycles. The number of Topliss-reactive ketones (excluding diaryl/α,β-unsaturated/α-hetero) is 3. The van der Waals surface area contributed by atoms with Crippen LogP contribution in [0.1, 0.15) is 67.4 Å². The van der Waals surface area contributed by atoms with Crippen molar-refractivity contribution >= 4 is 17.3 Å². The van der Waals surface area contributed by atoms with Gasteiger partial charge < -0.3 is 19.7 Å². The number of allylic oxidation sites excluding steroid dienone is 2. The van der Waals surface area contributed by atoms with Crippen molar-refractivity contribution in [2.75, 3.05) is 13.1 Å². The van der Waals surface area contributed by atoms with E-state index in [2.05, 4.69) is 4.90 Å². The van der Waals surface area contributed by atoms with Crippen molar-refractivity contribution in [2.24, 2.45) is 11.8 Å². The number of carbonyl (C=O) groups is 3. The molecule has 8 heteroatoms. The van der Waals surface area contributed by atoms with Crippen molar-refractivity contribution in [3.63, 3.8) is 0 Å². The molecule has 0 unspecified atom stereocenters. The third-order valence-electron chi connectivity index (χ3n) is 9.17. The number of ketones is 3. The molecule has 39 heavy (non-hydrogen) atoms. The minimum absolute atomic E-state index is 0.0411. The lowest BCUT2D eigenvalue weighted by atomic mass is 9.59. The molecule has 0 amide bonds. The third kappa shape index (κ3) is 3.84. The third-order valence-corrected chi connectivity index (χ3v) is 9.17. The molecule has 6 rings (SSSR count). The summed E-state index contributed by atoms with van der Waals surface area (Å²) in [5, 5.41) is 34.5. The van der Waals surface area contributed by atoms with Crippen LogP contribution >= 0.6 is 0 Å². The van der Waals surface area contributed by atoms with E-state index in [-0.39, 0.29) is 35.3 Å². The van der Waals surface area contributed by atoms with Crippen molar-refractivity contribution in [1.82, 2.24) is 4.90 Å². The maximum absolute atomic E-state index is 14.1. The summed E-state index contributed by atoms with van der Waals surface area (Å²) in [7, 11) is 0. The summed E-state index contributed by atoms with van der Waals surface area (Å²) in [5.74, 6) is -3.84. The van der Waals surface area contributed by atoms with Crippen molar-refractivity contribution in [3.8, 4) is 16.9 Å². The first-order valence-corrected chi connectivity index (χ1v) is 13.7. The number of carbonyl (C=O) groups excluding carboxylic acids is 3. The molecule has 0 saturated carbocycles. The van der Waals surface area contributed by atoms with Crippen LogP contribution in [0, 0.1) is 11.8 Å². The van der Waals surface area contributed by atoms with Gasteiger partial charge in [0.05, 0.1) is 23.7 Å². The summed E-state index contributed by atoms with van der Waals surface area (Å²) >= 11 is 0. The molecule has 1 aromatic carbocycles. The Labute approximate surface area is 226 Å². The second-order valence-corrected chi connectivity index (χ2v) is 11.6. The largest absolute Gasteiger partial charge is 0.508 e. The molecule has 0 radical (unpaired) electrons. The minimum atomic E-state index is -2.34. The first-order valence-electron chi connectivity index (χ1n) is 13.7. The lowest BCUT2D eigenvalue weighted by molar-refractivity contribution is -0.143. The van der Waals surface area contributed by atoms with E-state index in [9.17, 15) is 29.7 Å². The molecule has 0 bridgehead atoms. The zero-order chi connectivity index (χ0) is 27.6. The van der Waals surface area contributed by atoms with Crippen LogP contribution < -0.4 is 0 Å². The van der Waals surface area contributed by atoms with Gasteiger partial charge in [-0.25, -0.2) is 0 Å². The molecule has 2 heterocycles. The van der Waals surface area contributed by atoms with E-state index in [0.717, 1.165) is 37.1 Å². The molecule has 1 saturated heterocycles. The summed E-state index contributed by atoms with van der Waals surface area (Å²) in [6.07, 6.45) is 7.40. The fourth-order valence-electron chi connectivity index (χ4n) is 7.30. The molecule has 8 nitrogen and oxygen atoms in total. The standard InChI is InChI=1S/C31H33NO7/c1-16-10-21-11-19-12-23-22(18-6-9-39-15-18)13-20(14-32-7-4-3-5-8-32)27(34)26(23)28(35)25(19)30(37)31(21,38)29(36)24(16)17(2)33/h6,9,13,15,19,21,34,37-38H,3-5,7-8,10-12,14H2,1-2H3/t19-,21-,31-/m1/s1. The second-order valence-electron chi connectivity index (χ2n) is 11.6. The van der Waals surface area contributed by atoms with E-state index < -0.39 is 40.5 Å². The Morgan fingerprint density at radius 2 is 1.90 bits per heavy atom. The molecule has 204 valence electrons. The van der Waals surface area contributed by atoms with Crippen LogP contribution in [-0.4, -0.2) is 56.3 Å². The van der Waals surface area contributed by atoms with E-state index in [0.29, 0.717) is 29.7 Å². The number of benzene rings is 1. The number of aliphatic hydroxyl groups excluding tert-OH is 1. The average molecular weight is 532 g/mol. The Kier molecular flexibility index (Phi) is 6.15. The molecule has 3 atom stereocenters. The van der Waals surface area contributed by atoms with Gasteiger partial charge in [0, 0.05) is 29.2 Å². The summed E-state index contributed by atoms with van der Waals surface area (Å²) in [4.78, 5) is 42.1. The maximum atomic E-state index is 14.1. The first-order chi connectivity index (χ1) is 18.6.